The zero-order chi connectivity index (χ0) is 27.4. The number of aryl methyl sites for hydroxylation is 1. The van der Waals surface area contributed by atoms with Crippen LogP contribution in [0.1, 0.15) is 30.0 Å². The highest BCUT2D eigenvalue weighted by molar-refractivity contribution is 7.89. The number of hydrogen-bond donors (Lipinski definition) is 1. The molecular formula is C27H25F2N3O5S. The summed E-state index contributed by atoms with van der Waals surface area (Å²) >= 11 is 0. The molecule has 1 aliphatic rings. The van der Waals surface area contributed by atoms with Crippen molar-refractivity contribution in [1.82, 2.24) is 9.55 Å². The van der Waals surface area contributed by atoms with Crippen LogP contribution in [0.3, 0.4) is 0 Å². The van der Waals surface area contributed by atoms with E-state index in [4.69, 9.17) is 4.74 Å². The third-order valence-electron chi connectivity index (χ3n) is 6.77. The van der Waals surface area contributed by atoms with Crippen molar-refractivity contribution in [1.29, 1.82) is 0 Å². The Bertz CT molecular complexity index is 1760. The molecule has 38 heavy (non-hydrogen) atoms. The van der Waals surface area contributed by atoms with E-state index in [9.17, 15) is 22.4 Å². The Kier molecular flexibility index (Phi) is 6.34. The van der Waals surface area contributed by atoms with Gasteiger partial charge in [-0.3, -0.25) is 9.59 Å². The molecule has 0 saturated carbocycles. The lowest BCUT2D eigenvalue weighted by molar-refractivity contribution is -0.140. The van der Waals surface area contributed by atoms with Crippen molar-refractivity contribution in [2.75, 3.05) is 18.3 Å². The Labute approximate surface area is 217 Å². The molecule has 198 valence electrons. The van der Waals surface area contributed by atoms with Gasteiger partial charge in [0.2, 0.25) is 0 Å². The molecule has 1 unspecified atom stereocenters. The number of rotatable bonds is 6. The first-order chi connectivity index (χ1) is 18.0. The number of halogens is 2. The van der Waals surface area contributed by atoms with Crippen LogP contribution in [0.25, 0.3) is 22.0 Å². The number of fused-ring (bicyclic) bond motifs is 2. The fraction of sp³-hybridized carbons (Fsp3) is 0.259. The molecule has 4 aromatic rings. The Morgan fingerprint density at radius 3 is 2.53 bits per heavy atom. The Morgan fingerprint density at radius 2 is 1.84 bits per heavy atom. The van der Waals surface area contributed by atoms with Crippen LogP contribution in [0, 0.1) is 11.6 Å². The summed E-state index contributed by atoms with van der Waals surface area (Å²) < 4.78 is 59.7. The quantitative estimate of drug-likeness (QED) is 0.361. The maximum Gasteiger partial charge on any atom is 0.305 e. The van der Waals surface area contributed by atoms with Crippen LogP contribution >= 0.6 is 0 Å². The van der Waals surface area contributed by atoms with Crippen molar-refractivity contribution in [3.05, 3.63) is 81.9 Å². The van der Waals surface area contributed by atoms with Crippen molar-refractivity contribution in [3.63, 3.8) is 0 Å². The van der Waals surface area contributed by atoms with Gasteiger partial charge in [0.05, 0.1) is 24.6 Å². The monoisotopic (exact) mass is 541 g/mol. The van der Waals surface area contributed by atoms with Gasteiger partial charge >= 0.3 is 5.97 Å². The van der Waals surface area contributed by atoms with Crippen LogP contribution in [0.2, 0.25) is 0 Å². The average Bonchev–Trinajstić information content (AvgIpc) is 3.25. The first-order valence-corrected chi connectivity index (χ1v) is 13.9. The molecule has 2 aromatic carbocycles. The van der Waals surface area contributed by atoms with E-state index in [0.29, 0.717) is 38.8 Å². The number of aromatic amines is 1. The smallest absolute Gasteiger partial charge is 0.305 e. The fourth-order valence-electron chi connectivity index (χ4n) is 5.18. The summed E-state index contributed by atoms with van der Waals surface area (Å²) in [6, 6.07) is 7.64. The minimum Gasteiger partial charge on any atom is -0.469 e. The van der Waals surface area contributed by atoms with Gasteiger partial charge in [-0.1, -0.05) is 6.07 Å². The number of aromatic nitrogens is 2. The zero-order valence-electron chi connectivity index (χ0n) is 20.9. The summed E-state index contributed by atoms with van der Waals surface area (Å²) in [7, 11) is -0.483. The van der Waals surface area contributed by atoms with Crippen molar-refractivity contribution >= 4 is 38.1 Å². The first kappa shape index (κ1) is 25.7. The average molecular weight is 542 g/mol. The van der Waals surface area contributed by atoms with Crippen molar-refractivity contribution in [3.8, 4) is 11.1 Å². The predicted molar refractivity (Wildman–Crippen MR) is 140 cm³/mol. The highest BCUT2D eigenvalue weighted by Gasteiger charge is 2.34. The van der Waals surface area contributed by atoms with Gasteiger partial charge in [-0.2, -0.15) is 0 Å². The molecule has 0 amide bonds. The first-order valence-electron chi connectivity index (χ1n) is 11.8. The SMILES string of the molecule is COC(=O)CCC1c2c[nH]c3c(=O)n(C)cc(c23)-c2cc(CS(C)(=O)=O)ccc2N1c1ccc(F)cc1F. The lowest BCUT2D eigenvalue weighted by Crippen LogP contribution is -2.25. The second-order valence-corrected chi connectivity index (χ2v) is 11.6. The van der Waals surface area contributed by atoms with E-state index in [1.807, 2.05) is 0 Å². The van der Waals surface area contributed by atoms with Crippen LogP contribution in [0.15, 0.2) is 53.6 Å². The lowest BCUT2D eigenvalue weighted by atomic mass is 9.97. The Balaban J connectivity index is 1.87. The number of nitrogens with one attached hydrogen (secondary N) is 1. The molecule has 8 nitrogen and oxygen atoms in total. The number of carbonyl (C=O) groups is 1. The second-order valence-electron chi connectivity index (χ2n) is 9.47. The van der Waals surface area contributed by atoms with Gasteiger partial charge in [-0.25, -0.2) is 17.2 Å². The van der Waals surface area contributed by atoms with Crippen LogP contribution < -0.4 is 10.5 Å². The molecular weight excluding hydrogens is 516 g/mol. The Hall–Kier alpha value is -3.99. The number of ether oxygens (including phenoxy) is 1. The lowest BCUT2D eigenvalue weighted by Gasteiger charge is -2.34. The van der Waals surface area contributed by atoms with E-state index in [1.165, 1.54) is 17.7 Å². The molecule has 1 N–H and O–H groups in total. The summed E-state index contributed by atoms with van der Waals surface area (Å²) in [6.45, 7) is 0. The number of methoxy groups -OCH3 is 1. The maximum atomic E-state index is 15.4. The summed E-state index contributed by atoms with van der Waals surface area (Å²) in [5, 5.41) is 0.589. The molecule has 1 atom stereocenters. The normalized spacial score (nSPS) is 14.9. The molecule has 0 fully saturated rings. The van der Waals surface area contributed by atoms with E-state index in [0.717, 1.165) is 18.4 Å². The third-order valence-corrected chi connectivity index (χ3v) is 7.62. The van der Waals surface area contributed by atoms with Crippen LogP contribution in [-0.4, -0.2) is 37.3 Å². The Morgan fingerprint density at radius 1 is 1.11 bits per heavy atom. The fourth-order valence-corrected chi connectivity index (χ4v) is 5.97. The number of esters is 1. The van der Waals surface area contributed by atoms with Gasteiger partial charge in [0, 0.05) is 65.9 Å². The number of sulfone groups is 1. The molecule has 0 saturated heterocycles. The number of anilines is 2. The topological polar surface area (TPSA) is 101 Å². The number of nitrogens with zero attached hydrogens (tertiary/aromatic N) is 2. The van der Waals surface area contributed by atoms with E-state index in [-0.39, 0.29) is 29.8 Å². The van der Waals surface area contributed by atoms with Gasteiger partial charge in [0.1, 0.15) is 17.2 Å². The van der Waals surface area contributed by atoms with Gasteiger partial charge in [0.15, 0.2) is 9.84 Å². The second kappa shape index (κ2) is 9.39. The molecule has 0 radical (unpaired) electrons. The molecule has 5 rings (SSSR count). The number of carbonyl (C=O) groups excluding carboxylic acids is 1. The number of hydrogen-bond acceptors (Lipinski definition) is 6. The van der Waals surface area contributed by atoms with E-state index >= 15 is 4.39 Å². The molecule has 2 aromatic heterocycles. The van der Waals surface area contributed by atoms with E-state index in [1.54, 1.807) is 42.5 Å². The number of pyridine rings is 1. The van der Waals surface area contributed by atoms with Crippen molar-refractivity contribution in [2.24, 2.45) is 7.05 Å². The molecule has 3 heterocycles. The van der Waals surface area contributed by atoms with Gasteiger partial charge in [-0.15, -0.1) is 0 Å². The minimum absolute atomic E-state index is 0.00513. The largest absolute Gasteiger partial charge is 0.469 e. The summed E-state index contributed by atoms with van der Waals surface area (Å²) in [5.41, 5.74) is 2.97. The van der Waals surface area contributed by atoms with Crippen molar-refractivity contribution in [2.45, 2.75) is 24.6 Å². The van der Waals surface area contributed by atoms with Crippen LogP contribution in [-0.2, 0) is 32.2 Å². The van der Waals surface area contributed by atoms with Crippen LogP contribution in [0.5, 0.6) is 0 Å². The van der Waals surface area contributed by atoms with Gasteiger partial charge in [0.25, 0.3) is 5.56 Å². The standard InChI is InChI=1S/C27H25F2N3O5S/c1-31-13-19-17-10-15(14-38(3,35)36)4-6-21(17)32(23-7-5-16(28)11-20(23)29)22(8-9-24(33)37-2)18-12-30-26(25(18)19)27(31)34/h4-7,10-13,22,30H,8-9,14H2,1-3H3. The summed E-state index contributed by atoms with van der Waals surface area (Å²) in [4.78, 5) is 29.9. The highest BCUT2D eigenvalue weighted by atomic mass is 32.2. The highest BCUT2D eigenvalue weighted by Crippen LogP contribution is 2.50. The molecule has 0 bridgehead atoms. The molecule has 11 heteroatoms. The minimum atomic E-state index is -3.37. The maximum absolute atomic E-state index is 15.4. The molecule has 0 aliphatic carbocycles. The number of benzene rings is 2. The predicted octanol–water partition coefficient (Wildman–Crippen LogP) is 4.50. The summed E-state index contributed by atoms with van der Waals surface area (Å²) in [6.07, 6.45) is 4.64. The number of H-pyrrole nitrogens is 1. The van der Waals surface area contributed by atoms with E-state index < -0.39 is 33.5 Å². The molecule has 0 spiro atoms. The third kappa shape index (κ3) is 4.47. The van der Waals surface area contributed by atoms with Crippen molar-refractivity contribution < 1.29 is 26.7 Å². The zero-order valence-corrected chi connectivity index (χ0v) is 21.7. The molecule has 1 aliphatic heterocycles. The summed E-state index contributed by atoms with van der Waals surface area (Å²) in [5.74, 6) is -2.24. The van der Waals surface area contributed by atoms with Gasteiger partial charge < -0.3 is 19.2 Å². The van der Waals surface area contributed by atoms with E-state index in [2.05, 4.69) is 4.98 Å². The van der Waals surface area contributed by atoms with Crippen LogP contribution in [0.4, 0.5) is 20.2 Å². The van der Waals surface area contributed by atoms with Gasteiger partial charge in [-0.05, 0) is 36.2 Å².